The second-order valence-corrected chi connectivity index (χ2v) is 7.67. The van der Waals surface area contributed by atoms with E-state index in [-0.39, 0.29) is 10.8 Å². The van der Waals surface area contributed by atoms with Crippen LogP contribution in [0.3, 0.4) is 0 Å². The van der Waals surface area contributed by atoms with Crippen molar-refractivity contribution in [1.29, 1.82) is 0 Å². The summed E-state index contributed by atoms with van der Waals surface area (Å²) < 4.78 is 0. The fraction of sp³-hybridized carbons (Fsp3) is 0.526. The number of rotatable bonds is 2. The number of aryl methyl sites for hydroxylation is 1. The van der Waals surface area contributed by atoms with Crippen LogP contribution in [0.25, 0.3) is 0 Å². The summed E-state index contributed by atoms with van der Waals surface area (Å²) in [5, 5.41) is 0. The molecule has 1 aromatic carbocycles. The SMILES string of the molecule is C=C(/N=C(\C)c1ccc(C(C)(C)C)cc1C)C(C)(C)C. The molecule has 0 heterocycles. The quantitative estimate of drug-likeness (QED) is 0.615. The molecule has 1 aromatic rings. The maximum Gasteiger partial charge on any atom is 0.0450 e. The lowest BCUT2D eigenvalue weighted by atomic mass is 9.85. The molecule has 0 saturated heterocycles. The molecular formula is C19H29N. The summed E-state index contributed by atoms with van der Waals surface area (Å²) in [6.07, 6.45) is 0. The van der Waals surface area contributed by atoms with Crippen LogP contribution in [0.15, 0.2) is 35.5 Å². The van der Waals surface area contributed by atoms with Crippen molar-refractivity contribution < 1.29 is 0 Å². The van der Waals surface area contributed by atoms with Gasteiger partial charge in [-0.25, -0.2) is 0 Å². The molecule has 20 heavy (non-hydrogen) atoms. The molecule has 0 saturated carbocycles. The van der Waals surface area contributed by atoms with Crippen LogP contribution in [0.2, 0.25) is 0 Å². The molecule has 0 aliphatic heterocycles. The average Bonchev–Trinajstić information content (AvgIpc) is 2.25. The van der Waals surface area contributed by atoms with Gasteiger partial charge in [-0.2, -0.15) is 0 Å². The molecule has 0 N–H and O–H groups in total. The predicted molar refractivity (Wildman–Crippen MR) is 90.7 cm³/mol. The molecule has 0 aliphatic carbocycles. The largest absolute Gasteiger partial charge is 0.258 e. The lowest BCUT2D eigenvalue weighted by molar-refractivity contribution is 0.500. The molecule has 1 rings (SSSR count). The van der Waals surface area contributed by atoms with Gasteiger partial charge in [-0.05, 0) is 36.0 Å². The Labute approximate surface area is 124 Å². The fourth-order valence-corrected chi connectivity index (χ4v) is 1.97. The molecule has 0 amide bonds. The average molecular weight is 271 g/mol. The summed E-state index contributed by atoms with van der Waals surface area (Å²) in [5.41, 5.74) is 6.02. The molecule has 0 radical (unpaired) electrons. The van der Waals surface area contributed by atoms with Crippen LogP contribution in [-0.2, 0) is 5.41 Å². The van der Waals surface area contributed by atoms with Gasteiger partial charge in [0.05, 0.1) is 0 Å². The number of nitrogens with zero attached hydrogens (tertiary/aromatic N) is 1. The Balaban J connectivity index is 3.16. The maximum atomic E-state index is 4.69. The monoisotopic (exact) mass is 271 g/mol. The zero-order valence-corrected chi connectivity index (χ0v) is 14.4. The van der Waals surface area contributed by atoms with Crippen LogP contribution < -0.4 is 0 Å². The van der Waals surface area contributed by atoms with E-state index in [0.29, 0.717) is 0 Å². The van der Waals surface area contributed by atoms with Gasteiger partial charge in [0.25, 0.3) is 0 Å². The summed E-state index contributed by atoms with van der Waals surface area (Å²) in [7, 11) is 0. The van der Waals surface area contributed by atoms with E-state index in [1.165, 1.54) is 16.7 Å². The number of allylic oxidation sites excluding steroid dienone is 1. The molecule has 0 aliphatic rings. The number of benzene rings is 1. The lowest BCUT2D eigenvalue weighted by Crippen LogP contribution is -2.13. The number of hydrogen-bond acceptors (Lipinski definition) is 1. The van der Waals surface area contributed by atoms with Crippen molar-refractivity contribution in [3.8, 4) is 0 Å². The lowest BCUT2D eigenvalue weighted by Gasteiger charge is -2.21. The van der Waals surface area contributed by atoms with E-state index in [9.17, 15) is 0 Å². The van der Waals surface area contributed by atoms with Crippen molar-refractivity contribution in [3.05, 3.63) is 47.2 Å². The van der Waals surface area contributed by atoms with Crippen LogP contribution in [0, 0.1) is 12.3 Å². The Morgan fingerprint density at radius 1 is 1.05 bits per heavy atom. The van der Waals surface area contributed by atoms with Gasteiger partial charge in [0.1, 0.15) is 0 Å². The van der Waals surface area contributed by atoms with Gasteiger partial charge in [-0.3, -0.25) is 4.99 Å². The zero-order valence-electron chi connectivity index (χ0n) is 14.4. The topological polar surface area (TPSA) is 12.4 Å². The molecule has 0 atom stereocenters. The third-order valence-corrected chi connectivity index (χ3v) is 3.65. The van der Waals surface area contributed by atoms with Crippen molar-refractivity contribution in [2.75, 3.05) is 0 Å². The van der Waals surface area contributed by atoms with E-state index in [2.05, 4.69) is 80.2 Å². The summed E-state index contributed by atoms with van der Waals surface area (Å²) in [6, 6.07) is 6.67. The molecule has 110 valence electrons. The fourth-order valence-electron chi connectivity index (χ4n) is 1.97. The van der Waals surface area contributed by atoms with Gasteiger partial charge in [0.15, 0.2) is 0 Å². The van der Waals surface area contributed by atoms with Crippen LogP contribution >= 0.6 is 0 Å². The summed E-state index contributed by atoms with van der Waals surface area (Å²) in [4.78, 5) is 4.69. The van der Waals surface area contributed by atoms with Crippen molar-refractivity contribution >= 4 is 5.71 Å². The van der Waals surface area contributed by atoms with Gasteiger partial charge in [-0.1, -0.05) is 66.3 Å². The first-order chi connectivity index (χ1) is 8.93. The van der Waals surface area contributed by atoms with E-state index in [4.69, 9.17) is 4.99 Å². The van der Waals surface area contributed by atoms with E-state index >= 15 is 0 Å². The predicted octanol–water partition coefficient (Wildman–Crippen LogP) is 5.66. The van der Waals surface area contributed by atoms with Crippen LogP contribution in [0.4, 0.5) is 0 Å². The van der Waals surface area contributed by atoms with Gasteiger partial charge in [0.2, 0.25) is 0 Å². The summed E-state index contributed by atoms with van der Waals surface area (Å²) in [5.74, 6) is 0. The second-order valence-electron chi connectivity index (χ2n) is 7.67. The highest BCUT2D eigenvalue weighted by Gasteiger charge is 2.17. The highest BCUT2D eigenvalue weighted by molar-refractivity contribution is 6.00. The Morgan fingerprint density at radius 2 is 1.60 bits per heavy atom. The molecule has 1 nitrogen and oxygen atoms in total. The third kappa shape index (κ3) is 4.06. The van der Waals surface area contributed by atoms with Crippen LogP contribution in [0.1, 0.15) is 65.2 Å². The first kappa shape index (κ1) is 16.7. The minimum atomic E-state index is 0.0144. The van der Waals surface area contributed by atoms with Gasteiger partial charge < -0.3 is 0 Å². The highest BCUT2D eigenvalue weighted by Crippen LogP contribution is 2.27. The van der Waals surface area contributed by atoms with E-state index in [0.717, 1.165) is 11.4 Å². The Morgan fingerprint density at radius 3 is 2.00 bits per heavy atom. The van der Waals surface area contributed by atoms with Gasteiger partial charge in [-0.15, -0.1) is 0 Å². The summed E-state index contributed by atoms with van der Waals surface area (Å²) >= 11 is 0. The van der Waals surface area contributed by atoms with Gasteiger partial charge in [0, 0.05) is 16.8 Å². The van der Waals surface area contributed by atoms with E-state index in [1.54, 1.807) is 0 Å². The van der Waals surface area contributed by atoms with Crippen molar-refractivity contribution in [1.82, 2.24) is 0 Å². The molecule has 0 fully saturated rings. The number of hydrogen-bond donors (Lipinski definition) is 0. The Kier molecular flexibility index (Phi) is 4.63. The molecule has 0 bridgehead atoms. The molecule has 0 aromatic heterocycles. The first-order valence-corrected chi connectivity index (χ1v) is 7.29. The molecule has 1 heteroatoms. The minimum Gasteiger partial charge on any atom is -0.258 e. The smallest absolute Gasteiger partial charge is 0.0450 e. The summed E-state index contributed by atoms with van der Waals surface area (Å²) in [6.45, 7) is 21.5. The van der Waals surface area contributed by atoms with Crippen molar-refractivity contribution in [2.45, 2.75) is 60.8 Å². The normalized spacial score (nSPS) is 13.5. The maximum absolute atomic E-state index is 4.69. The highest BCUT2D eigenvalue weighted by atomic mass is 14.8. The van der Waals surface area contributed by atoms with Gasteiger partial charge >= 0.3 is 0 Å². The van der Waals surface area contributed by atoms with Crippen molar-refractivity contribution in [2.24, 2.45) is 10.4 Å². The van der Waals surface area contributed by atoms with Crippen molar-refractivity contribution in [3.63, 3.8) is 0 Å². The van der Waals surface area contributed by atoms with E-state index < -0.39 is 0 Å². The third-order valence-electron chi connectivity index (χ3n) is 3.65. The second kappa shape index (κ2) is 5.55. The molecule has 0 spiro atoms. The van der Waals surface area contributed by atoms with Crippen LogP contribution in [-0.4, -0.2) is 5.71 Å². The van der Waals surface area contributed by atoms with E-state index in [1.807, 2.05) is 0 Å². The standard InChI is InChI=1S/C19H29N/c1-13-12-16(19(7,8)9)10-11-17(13)14(2)20-15(3)18(4,5)6/h10-12H,3H2,1-2,4-9H3/b20-14+. The Hall–Kier alpha value is -1.37. The molecule has 0 unspecified atom stereocenters. The zero-order chi connectivity index (χ0) is 15.7. The molecular weight excluding hydrogens is 242 g/mol. The Bertz CT molecular complexity index is 534. The minimum absolute atomic E-state index is 0.0144. The number of aliphatic imine (C=N–C) groups is 1. The first-order valence-electron chi connectivity index (χ1n) is 7.29. The van der Waals surface area contributed by atoms with Crippen LogP contribution in [0.5, 0.6) is 0 Å².